The van der Waals surface area contributed by atoms with E-state index in [1.54, 1.807) is 0 Å². The van der Waals surface area contributed by atoms with Crippen molar-refractivity contribution in [2.45, 2.75) is 12.6 Å². The van der Waals surface area contributed by atoms with Crippen LogP contribution in [-0.4, -0.2) is 19.3 Å². The molecule has 1 aliphatic rings. The van der Waals surface area contributed by atoms with E-state index in [2.05, 4.69) is 21.1 Å². The molecule has 17 heavy (non-hydrogen) atoms. The zero-order valence-electron chi connectivity index (χ0n) is 9.14. The number of halogens is 1. The lowest BCUT2D eigenvalue weighted by Crippen LogP contribution is -2.24. The quantitative estimate of drug-likeness (QED) is 0.634. The monoisotopic (exact) mass is 297 g/mol. The van der Waals surface area contributed by atoms with Crippen molar-refractivity contribution < 1.29 is 9.47 Å². The maximum Gasteiger partial charge on any atom is 0.140 e. The Morgan fingerprint density at radius 2 is 2.41 bits per heavy atom. The second-order valence-electron chi connectivity index (χ2n) is 3.66. The van der Waals surface area contributed by atoms with E-state index in [-0.39, 0.29) is 12.6 Å². The van der Waals surface area contributed by atoms with E-state index < -0.39 is 0 Å². The summed E-state index contributed by atoms with van der Waals surface area (Å²) in [4.78, 5) is 10.4. The van der Waals surface area contributed by atoms with E-state index >= 15 is 0 Å². The largest absolute Gasteiger partial charge is 0.484 e. The molecule has 0 aliphatic carbocycles. The molecule has 0 fully saturated rings. The van der Waals surface area contributed by atoms with Gasteiger partial charge in [0.05, 0.1) is 13.2 Å². The average molecular weight is 298 g/mol. The lowest BCUT2D eigenvalue weighted by Gasteiger charge is -2.20. The summed E-state index contributed by atoms with van der Waals surface area (Å²) in [5.74, 6) is 0.674. The third kappa shape index (κ3) is 3.38. The molecule has 0 saturated carbocycles. The molecule has 0 unspecified atom stereocenters. The van der Waals surface area contributed by atoms with Crippen molar-refractivity contribution in [1.29, 1.82) is 0 Å². The van der Waals surface area contributed by atoms with Crippen molar-refractivity contribution in [2.75, 3.05) is 13.2 Å². The summed E-state index contributed by atoms with van der Waals surface area (Å²) in [6.07, 6.45) is 3.78. The molecule has 0 radical (unpaired) electrons. The van der Waals surface area contributed by atoms with Crippen molar-refractivity contribution in [1.82, 2.24) is 0 Å². The van der Waals surface area contributed by atoms with Gasteiger partial charge in [0.25, 0.3) is 0 Å². The molecule has 5 heteroatoms. The second kappa shape index (κ2) is 5.93. The standard InChI is InChI=1S/C12H12BrNO3/c13-10-3-4-12(9(6-10)7-14-15)17-11-2-1-5-16-8-11/h1-4,6,11H,5,7-8H2/t11-/m1/s1. The molecule has 0 N–H and O–H groups in total. The Kier molecular flexibility index (Phi) is 4.28. The van der Waals surface area contributed by atoms with Gasteiger partial charge in [0.15, 0.2) is 0 Å². The molecule has 1 heterocycles. The topological polar surface area (TPSA) is 47.9 Å². The Labute approximate surface area is 108 Å². The summed E-state index contributed by atoms with van der Waals surface area (Å²) in [5, 5.41) is 2.90. The van der Waals surface area contributed by atoms with Crippen LogP contribution in [0.2, 0.25) is 0 Å². The molecule has 0 amide bonds. The minimum absolute atomic E-state index is 0.102. The minimum atomic E-state index is -0.102. The fourth-order valence-electron chi connectivity index (χ4n) is 1.61. The Hall–Kier alpha value is -1.20. The molecule has 0 bridgehead atoms. The number of nitroso groups, excluding NO2 is 1. The third-order valence-electron chi connectivity index (χ3n) is 2.38. The average Bonchev–Trinajstić information content (AvgIpc) is 2.34. The molecule has 1 aliphatic heterocycles. The Morgan fingerprint density at radius 3 is 3.12 bits per heavy atom. The Balaban J connectivity index is 2.15. The van der Waals surface area contributed by atoms with Crippen molar-refractivity contribution in [3.63, 3.8) is 0 Å². The van der Waals surface area contributed by atoms with Gasteiger partial charge in [-0.1, -0.05) is 27.2 Å². The summed E-state index contributed by atoms with van der Waals surface area (Å²) in [7, 11) is 0. The smallest absolute Gasteiger partial charge is 0.140 e. The van der Waals surface area contributed by atoms with Crippen LogP contribution in [0.15, 0.2) is 40.0 Å². The number of nitrogens with zero attached hydrogens (tertiary/aromatic N) is 1. The summed E-state index contributed by atoms with van der Waals surface area (Å²) in [5.41, 5.74) is 0.772. The Bertz CT molecular complexity index is 434. The van der Waals surface area contributed by atoms with Crippen LogP contribution < -0.4 is 4.74 Å². The van der Waals surface area contributed by atoms with Gasteiger partial charge in [-0.2, -0.15) is 4.91 Å². The van der Waals surface area contributed by atoms with Crippen LogP contribution in [0.4, 0.5) is 0 Å². The first kappa shape index (κ1) is 12.3. The number of hydrogen-bond acceptors (Lipinski definition) is 4. The molecule has 0 spiro atoms. The van der Waals surface area contributed by atoms with E-state index in [9.17, 15) is 4.91 Å². The number of ether oxygens (including phenoxy) is 2. The van der Waals surface area contributed by atoms with Gasteiger partial charge in [-0.05, 0) is 24.3 Å². The van der Waals surface area contributed by atoms with Crippen molar-refractivity contribution in [2.24, 2.45) is 5.18 Å². The highest BCUT2D eigenvalue weighted by Crippen LogP contribution is 2.25. The van der Waals surface area contributed by atoms with Crippen LogP contribution in [-0.2, 0) is 11.3 Å². The number of rotatable bonds is 4. The van der Waals surface area contributed by atoms with Crippen LogP contribution in [0.3, 0.4) is 0 Å². The van der Waals surface area contributed by atoms with Crippen molar-refractivity contribution >= 4 is 15.9 Å². The van der Waals surface area contributed by atoms with E-state index in [4.69, 9.17) is 9.47 Å². The minimum Gasteiger partial charge on any atom is -0.484 e. The first-order valence-corrected chi connectivity index (χ1v) is 6.07. The summed E-state index contributed by atoms with van der Waals surface area (Å²) < 4.78 is 11.9. The summed E-state index contributed by atoms with van der Waals surface area (Å²) in [6.45, 7) is 1.26. The van der Waals surface area contributed by atoms with Crippen LogP contribution in [0, 0.1) is 4.91 Å². The maximum atomic E-state index is 10.4. The molecule has 0 saturated heterocycles. The predicted octanol–water partition coefficient (Wildman–Crippen LogP) is 3.05. The lowest BCUT2D eigenvalue weighted by atomic mass is 10.2. The summed E-state index contributed by atoms with van der Waals surface area (Å²) in [6, 6.07) is 5.54. The van der Waals surface area contributed by atoms with Gasteiger partial charge >= 0.3 is 0 Å². The molecule has 4 nitrogen and oxygen atoms in total. The zero-order valence-corrected chi connectivity index (χ0v) is 10.7. The van der Waals surface area contributed by atoms with Gasteiger partial charge in [-0.15, -0.1) is 0 Å². The molecular formula is C12H12BrNO3. The first-order valence-electron chi connectivity index (χ1n) is 5.28. The normalized spacial score (nSPS) is 19.0. The SMILES string of the molecule is O=NCc1cc(Br)ccc1O[C@@H]1C=CCOC1. The van der Waals surface area contributed by atoms with Gasteiger partial charge in [0, 0.05) is 10.0 Å². The van der Waals surface area contributed by atoms with Gasteiger partial charge in [-0.25, -0.2) is 0 Å². The van der Waals surface area contributed by atoms with E-state index in [0.29, 0.717) is 19.0 Å². The highest BCUT2D eigenvalue weighted by molar-refractivity contribution is 9.10. The first-order chi connectivity index (χ1) is 8.29. The maximum absolute atomic E-state index is 10.4. The molecule has 0 aromatic heterocycles. The molecule has 1 aromatic rings. The van der Waals surface area contributed by atoms with Crippen molar-refractivity contribution in [3.05, 3.63) is 45.3 Å². The van der Waals surface area contributed by atoms with E-state index in [1.165, 1.54) is 0 Å². The molecular weight excluding hydrogens is 286 g/mol. The predicted molar refractivity (Wildman–Crippen MR) is 68.0 cm³/mol. The van der Waals surface area contributed by atoms with Crippen LogP contribution in [0.1, 0.15) is 5.56 Å². The fraction of sp³-hybridized carbons (Fsp3) is 0.333. The number of hydrogen-bond donors (Lipinski definition) is 0. The molecule has 1 atom stereocenters. The van der Waals surface area contributed by atoms with Crippen molar-refractivity contribution in [3.8, 4) is 5.75 Å². The van der Waals surface area contributed by atoms with E-state index in [1.807, 2.05) is 30.4 Å². The van der Waals surface area contributed by atoms with Gasteiger partial charge in [-0.3, -0.25) is 0 Å². The number of benzene rings is 1. The highest BCUT2D eigenvalue weighted by atomic mass is 79.9. The Morgan fingerprint density at radius 1 is 1.53 bits per heavy atom. The van der Waals surface area contributed by atoms with Crippen LogP contribution in [0.25, 0.3) is 0 Å². The van der Waals surface area contributed by atoms with Crippen LogP contribution >= 0.6 is 15.9 Å². The second-order valence-corrected chi connectivity index (χ2v) is 4.58. The molecule has 1 aromatic carbocycles. The van der Waals surface area contributed by atoms with Gasteiger partial charge < -0.3 is 9.47 Å². The highest BCUT2D eigenvalue weighted by Gasteiger charge is 2.13. The van der Waals surface area contributed by atoms with E-state index in [0.717, 1.165) is 10.0 Å². The van der Waals surface area contributed by atoms with Gasteiger partial charge in [0.2, 0.25) is 0 Å². The third-order valence-corrected chi connectivity index (χ3v) is 2.88. The lowest BCUT2D eigenvalue weighted by molar-refractivity contribution is 0.0749. The van der Waals surface area contributed by atoms with Crippen LogP contribution in [0.5, 0.6) is 5.75 Å². The van der Waals surface area contributed by atoms with Gasteiger partial charge in [0.1, 0.15) is 18.4 Å². The summed E-state index contributed by atoms with van der Waals surface area (Å²) >= 11 is 3.35. The molecule has 90 valence electrons. The zero-order chi connectivity index (χ0) is 12.1. The fourth-order valence-corrected chi connectivity index (χ4v) is 2.02. The molecule has 2 rings (SSSR count).